The Kier molecular flexibility index (Phi) is 6.64. The second-order valence-electron chi connectivity index (χ2n) is 4.31. The molecule has 0 amide bonds. The molecule has 0 unspecified atom stereocenters. The van der Waals surface area contributed by atoms with E-state index < -0.39 is 12.6 Å². The molecule has 20 heavy (non-hydrogen) atoms. The van der Waals surface area contributed by atoms with E-state index in [1.807, 2.05) is 19.1 Å². The summed E-state index contributed by atoms with van der Waals surface area (Å²) in [5.41, 5.74) is 0.946. The van der Waals surface area contributed by atoms with E-state index in [2.05, 4.69) is 5.32 Å². The van der Waals surface area contributed by atoms with Gasteiger partial charge in [-0.1, -0.05) is 6.07 Å². The van der Waals surface area contributed by atoms with Crippen LogP contribution in [0.25, 0.3) is 0 Å². The molecule has 3 nitrogen and oxygen atoms in total. The molecule has 1 aromatic carbocycles. The first-order valence-corrected chi connectivity index (χ1v) is 6.53. The van der Waals surface area contributed by atoms with Gasteiger partial charge in [0, 0.05) is 13.0 Å². The van der Waals surface area contributed by atoms with Gasteiger partial charge in [-0.2, -0.15) is 13.2 Å². The predicted octanol–water partition coefficient (Wildman–Crippen LogP) is 3.53. The topological polar surface area (TPSA) is 30.5 Å². The quantitative estimate of drug-likeness (QED) is 0.743. The van der Waals surface area contributed by atoms with E-state index in [-0.39, 0.29) is 6.42 Å². The first-order valence-electron chi connectivity index (χ1n) is 6.53. The van der Waals surface area contributed by atoms with E-state index in [1.54, 1.807) is 13.2 Å². The highest BCUT2D eigenvalue weighted by Gasteiger charge is 2.25. The van der Waals surface area contributed by atoms with Crippen molar-refractivity contribution in [1.82, 2.24) is 5.32 Å². The van der Waals surface area contributed by atoms with Gasteiger partial charge in [-0.25, -0.2) is 0 Å². The second-order valence-corrected chi connectivity index (χ2v) is 4.31. The molecule has 0 bridgehead atoms. The Bertz CT molecular complexity index is 408. The fourth-order valence-electron chi connectivity index (χ4n) is 1.75. The van der Waals surface area contributed by atoms with Crippen molar-refractivity contribution in [2.24, 2.45) is 0 Å². The van der Waals surface area contributed by atoms with Gasteiger partial charge in [-0.05, 0) is 37.6 Å². The summed E-state index contributed by atoms with van der Waals surface area (Å²) in [7, 11) is 1.56. The summed E-state index contributed by atoms with van der Waals surface area (Å²) < 4.78 is 46.5. The number of benzene rings is 1. The Hall–Kier alpha value is -1.43. The van der Waals surface area contributed by atoms with Crippen molar-refractivity contribution < 1.29 is 22.6 Å². The van der Waals surface area contributed by atoms with Crippen molar-refractivity contribution in [3.63, 3.8) is 0 Å². The lowest BCUT2D eigenvalue weighted by Crippen LogP contribution is -2.17. The molecule has 0 atom stereocenters. The van der Waals surface area contributed by atoms with Crippen molar-refractivity contribution in [2.45, 2.75) is 32.5 Å². The summed E-state index contributed by atoms with van der Waals surface area (Å²) >= 11 is 0. The first-order chi connectivity index (χ1) is 9.46. The van der Waals surface area contributed by atoms with Crippen LogP contribution in [0.4, 0.5) is 13.2 Å². The number of ether oxygens (including phenoxy) is 2. The van der Waals surface area contributed by atoms with Crippen LogP contribution < -0.4 is 14.8 Å². The molecule has 0 saturated heterocycles. The Morgan fingerprint density at radius 2 is 1.95 bits per heavy atom. The van der Waals surface area contributed by atoms with Crippen LogP contribution in [0.3, 0.4) is 0 Å². The molecule has 1 N–H and O–H groups in total. The van der Waals surface area contributed by atoms with Gasteiger partial charge >= 0.3 is 6.18 Å². The van der Waals surface area contributed by atoms with Crippen molar-refractivity contribution in [1.29, 1.82) is 0 Å². The zero-order chi connectivity index (χ0) is 15.0. The molecule has 0 aromatic heterocycles. The molecule has 6 heteroatoms. The molecule has 0 aliphatic heterocycles. The number of rotatable bonds is 8. The average Bonchev–Trinajstić information content (AvgIpc) is 2.38. The van der Waals surface area contributed by atoms with Crippen LogP contribution in [0.5, 0.6) is 11.5 Å². The van der Waals surface area contributed by atoms with Gasteiger partial charge in [-0.3, -0.25) is 0 Å². The van der Waals surface area contributed by atoms with Gasteiger partial charge in [0.15, 0.2) is 11.5 Å². The average molecular weight is 291 g/mol. The van der Waals surface area contributed by atoms with Gasteiger partial charge in [-0.15, -0.1) is 0 Å². The molecule has 0 aliphatic rings. The van der Waals surface area contributed by atoms with Crippen LogP contribution in [-0.2, 0) is 6.54 Å². The molecule has 1 aromatic rings. The Labute approximate surface area is 117 Å². The summed E-state index contributed by atoms with van der Waals surface area (Å²) in [6, 6.07) is 5.48. The summed E-state index contributed by atoms with van der Waals surface area (Å²) in [4.78, 5) is 0. The zero-order valence-corrected chi connectivity index (χ0v) is 11.7. The van der Waals surface area contributed by atoms with E-state index in [0.29, 0.717) is 31.2 Å². The molecular formula is C14H20F3NO2. The minimum Gasteiger partial charge on any atom is -0.493 e. The van der Waals surface area contributed by atoms with Crippen molar-refractivity contribution in [3.8, 4) is 11.5 Å². The Balaban J connectivity index is 2.42. The molecule has 114 valence electrons. The lowest BCUT2D eigenvalue weighted by molar-refractivity contribution is -0.135. The summed E-state index contributed by atoms with van der Waals surface area (Å²) in [5, 5.41) is 2.98. The van der Waals surface area contributed by atoms with E-state index in [0.717, 1.165) is 5.56 Å². The van der Waals surface area contributed by atoms with Crippen molar-refractivity contribution in [2.75, 3.05) is 20.3 Å². The van der Waals surface area contributed by atoms with Crippen LogP contribution in [-0.4, -0.2) is 26.4 Å². The van der Waals surface area contributed by atoms with Gasteiger partial charge in [0.05, 0.1) is 13.7 Å². The minimum absolute atomic E-state index is 0.0813. The monoisotopic (exact) mass is 291 g/mol. The molecule has 0 aliphatic carbocycles. The van der Waals surface area contributed by atoms with Gasteiger partial charge in [0.1, 0.15) is 0 Å². The summed E-state index contributed by atoms with van der Waals surface area (Å²) in [6.45, 7) is 3.23. The Morgan fingerprint density at radius 1 is 1.20 bits per heavy atom. The van der Waals surface area contributed by atoms with E-state index in [4.69, 9.17) is 9.47 Å². The van der Waals surface area contributed by atoms with Gasteiger partial charge in [0.25, 0.3) is 0 Å². The van der Waals surface area contributed by atoms with Crippen LogP contribution in [0.15, 0.2) is 18.2 Å². The molecule has 0 heterocycles. The lowest BCUT2D eigenvalue weighted by atomic mass is 10.2. The highest BCUT2D eigenvalue weighted by atomic mass is 19.4. The molecule has 0 radical (unpaired) electrons. The Morgan fingerprint density at radius 3 is 2.55 bits per heavy atom. The number of nitrogens with one attached hydrogen (secondary N) is 1. The number of hydrogen-bond acceptors (Lipinski definition) is 3. The fraction of sp³-hybridized carbons (Fsp3) is 0.571. The maximum atomic E-state index is 12.0. The minimum atomic E-state index is -4.08. The van der Waals surface area contributed by atoms with Gasteiger partial charge in [0.2, 0.25) is 0 Å². The number of halogens is 3. The highest BCUT2D eigenvalue weighted by Crippen LogP contribution is 2.28. The van der Waals surface area contributed by atoms with Crippen LogP contribution in [0, 0.1) is 0 Å². The highest BCUT2D eigenvalue weighted by molar-refractivity contribution is 5.42. The first kappa shape index (κ1) is 16.6. The standard InChI is InChI=1S/C14H20F3NO2/c1-3-20-13-9-11(5-6-12(13)19-2)10-18-8-4-7-14(15,16)17/h5-6,9,18H,3-4,7-8,10H2,1-2H3. The van der Waals surface area contributed by atoms with Crippen molar-refractivity contribution in [3.05, 3.63) is 23.8 Å². The summed E-state index contributed by atoms with van der Waals surface area (Å²) in [5.74, 6) is 1.29. The van der Waals surface area contributed by atoms with Crippen molar-refractivity contribution >= 4 is 0 Å². The number of methoxy groups -OCH3 is 1. The summed E-state index contributed by atoms with van der Waals surface area (Å²) in [6.07, 6.45) is -4.76. The third kappa shape index (κ3) is 6.14. The van der Waals surface area contributed by atoms with Crippen LogP contribution >= 0.6 is 0 Å². The predicted molar refractivity (Wildman–Crippen MR) is 71.2 cm³/mol. The third-order valence-electron chi connectivity index (χ3n) is 2.67. The lowest BCUT2D eigenvalue weighted by Gasteiger charge is -2.12. The smallest absolute Gasteiger partial charge is 0.389 e. The van der Waals surface area contributed by atoms with Crippen LogP contribution in [0.2, 0.25) is 0 Å². The van der Waals surface area contributed by atoms with E-state index in [1.165, 1.54) is 0 Å². The largest absolute Gasteiger partial charge is 0.493 e. The number of hydrogen-bond donors (Lipinski definition) is 1. The van der Waals surface area contributed by atoms with E-state index in [9.17, 15) is 13.2 Å². The zero-order valence-electron chi connectivity index (χ0n) is 11.7. The van der Waals surface area contributed by atoms with Gasteiger partial charge < -0.3 is 14.8 Å². The normalized spacial score (nSPS) is 11.4. The number of alkyl halides is 3. The fourth-order valence-corrected chi connectivity index (χ4v) is 1.75. The maximum Gasteiger partial charge on any atom is 0.389 e. The molecule has 0 spiro atoms. The SMILES string of the molecule is CCOc1cc(CNCCCC(F)(F)F)ccc1OC. The molecule has 1 rings (SSSR count). The third-order valence-corrected chi connectivity index (χ3v) is 2.67. The maximum absolute atomic E-state index is 12.0. The molecular weight excluding hydrogens is 271 g/mol. The molecule has 0 fully saturated rings. The van der Waals surface area contributed by atoms with E-state index >= 15 is 0 Å². The second kappa shape index (κ2) is 7.99. The van der Waals surface area contributed by atoms with Crippen LogP contribution in [0.1, 0.15) is 25.3 Å². The molecule has 0 saturated carbocycles.